The highest BCUT2D eigenvalue weighted by Gasteiger charge is 2.30. The summed E-state index contributed by atoms with van der Waals surface area (Å²) >= 11 is 0. The zero-order valence-corrected chi connectivity index (χ0v) is 17.8. The lowest BCUT2D eigenvalue weighted by Gasteiger charge is -2.37. The maximum atomic E-state index is 12.3. The quantitative estimate of drug-likeness (QED) is 0.731. The Bertz CT molecular complexity index is 496. The number of carbonyl (C=O) groups excluding carboxylic acids is 2. The molecule has 156 valence electrons. The third kappa shape index (κ3) is 7.39. The lowest BCUT2D eigenvalue weighted by Crippen LogP contribution is -2.54. The van der Waals surface area contributed by atoms with E-state index in [1.165, 1.54) is 0 Å². The predicted molar refractivity (Wildman–Crippen MR) is 107 cm³/mol. The zero-order valence-electron chi connectivity index (χ0n) is 17.8. The Labute approximate surface area is 164 Å². The fourth-order valence-corrected chi connectivity index (χ4v) is 3.66. The molecule has 0 saturated carbocycles. The maximum absolute atomic E-state index is 12.3. The lowest BCUT2D eigenvalue weighted by molar-refractivity contribution is -0.141. The molecular formula is C20H38N4O3. The Kier molecular flexibility index (Phi) is 8.06. The van der Waals surface area contributed by atoms with Gasteiger partial charge in [-0.3, -0.25) is 19.4 Å². The van der Waals surface area contributed by atoms with Gasteiger partial charge >= 0.3 is 0 Å². The fraction of sp³-hybridized carbons (Fsp3) is 0.900. The number of rotatable bonds is 6. The lowest BCUT2D eigenvalue weighted by atomic mass is 9.94. The Balaban J connectivity index is 1.66. The van der Waals surface area contributed by atoms with Crippen molar-refractivity contribution in [1.29, 1.82) is 0 Å². The first-order valence-corrected chi connectivity index (χ1v) is 10.3. The van der Waals surface area contributed by atoms with E-state index in [-0.39, 0.29) is 23.3 Å². The van der Waals surface area contributed by atoms with Gasteiger partial charge in [-0.15, -0.1) is 0 Å². The predicted octanol–water partition coefficient (Wildman–Crippen LogP) is 0.650. The molecule has 2 heterocycles. The molecule has 0 radical (unpaired) electrons. The van der Waals surface area contributed by atoms with Crippen molar-refractivity contribution in [3.63, 3.8) is 0 Å². The van der Waals surface area contributed by atoms with Gasteiger partial charge in [-0.25, -0.2) is 0 Å². The molecule has 27 heavy (non-hydrogen) atoms. The van der Waals surface area contributed by atoms with Crippen LogP contribution in [0.1, 0.15) is 34.6 Å². The molecule has 2 aliphatic heterocycles. The van der Waals surface area contributed by atoms with Gasteiger partial charge in [0.1, 0.15) is 0 Å². The van der Waals surface area contributed by atoms with Crippen molar-refractivity contribution in [2.24, 2.45) is 11.3 Å². The van der Waals surface area contributed by atoms with E-state index in [9.17, 15) is 9.59 Å². The molecule has 0 bridgehead atoms. The van der Waals surface area contributed by atoms with Gasteiger partial charge in [0.15, 0.2) is 0 Å². The first kappa shape index (κ1) is 22.1. The third-order valence-electron chi connectivity index (χ3n) is 5.04. The third-order valence-corrected chi connectivity index (χ3v) is 5.04. The van der Waals surface area contributed by atoms with Crippen LogP contribution in [0.25, 0.3) is 0 Å². The molecule has 0 aromatic carbocycles. The van der Waals surface area contributed by atoms with Gasteiger partial charge < -0.3 is 15.0 Å². The van der Waals surface area contributed by atoms with Crippen LogP contribution >= 0.6 is 0 Å². The molecule has 0 aromatic rings. The number of carbonyl (C=O) groups is 2. The fourth-order valence-electron chi connectivity index (χ4n) is 3.66. The summed E-state index contributed by atoms with van der Waals surface area (Å²) in [6.07, 6.45) is 0.0719. The molecule has 1 unspecified atom stereocenters. The molecule has 1 N–H and O–H groups in total. The highest BCUT2D eigenvalue weighted by molar-refractivity contribution is 5.81. The standard InChI is InChI=1S/C20H38N4O3/c1-16(2)13-23-10-11-27-17(14-23)12-21-18(25)15-22-6-8-24(9-7-22)19(26)20(3,4)5/h16-17H,6-15H2,1-5H3,(H,21,25). The molecular weight excluding hydrogens is 344 g/mol. The van der Waals surface area contributed by atoms with E-state index in [4.69, 9.17) is 4.74 Å². The molecule has 1 atom stereocenters. The van der Waals surface area contributed by atoms with Crippen LogP contribution in [0.2, 0.25) is 0 Å². The second-order valence-electron chi connectivity index (χ2n) is 9.27. The smallest absolute Gasteiger partial charge is 0.234 e. The minimum absolute atomic E-state index is 0.0372. The number of piperazine rings is 1. The molecule has 0 spiro atoms. The Morgan fingerprint density at radius 2 is 1.74 bits per heavy atom. The summed E-state index contributed by atoms with van der Waals surface area (Å²) in [7, 11) is 0. The monoisotopic (exact) mass is 382 g/mol. The van der Waals surface area contributed by atoms with Crippen molar-refractivity contribution < 1.29 is 14.3 Å². The normalized spacial score (nSPS) is 22.9. The van der Waals surface area contributed by atoms with Crippen molar-refractivity contribution in [2.45, 2.75) is 40.7 Å². The Morgan fingerprint density at radius 1 is 1.07 bits per heavy atom. The highest BCUT2D eigenvalue weighted by Crippen LogP contribution is 2.18. The second kappa shape index (κ2) is 9.85. The van der Waals surface area contributed by atoms with Gasteiger partial charge in [0, 0.05) is 57.8 Å². The van der Waals surface area contributed by atoms with Crippen LogP contribution in [0.15, 0.2) is 0 Å². The number of hydrogen-bond donors (Lipinski definition) is 1. The van der Waals surface area contributed by atoms with E-state index in [0.717, 1.165) is 39.3 Å². The van der Waals surface area contributed by atoms with E-state index >= 15 is 0 Å². The molecule has 0 aliphatic carbocycles. The minimum Gasteiger partial charge on any atom is -0.374 e. The molecule has 2 rings (SSSR count). The molecule has 2 aliphatic rings. The van der Waals surface area contributed by atoms with Crippen LogP contribution in [0.4, 0.5) is 0 Å². The van der Waals surface area contributed by atoms with Crippen LogP contribution in [-0.2, 0) is 14.3 Å². The largest absolute Gasteiger partial charge is 0.374 e. The Hall–Kier alpha value is -1.18. The van der Waals surface area contributed by atoms with Crippen LogP contribution in [0, 0.1) is 11.3 Å². The van der Waals surface area contributed by atoms with Crippen LogP contribution in [-0.4, -0.2) is 98.1 Å². The summed E-state index contributed by atoms with van der Waals surface area (Å²) in [5.74, 6) is 0.865. The van der Waals surface area contributed by atoms with E-state index < -0.39 is 0 Å². The first-order chi connectivity index (χ1) is 12.6. The first-order valence-electron chi connectivity index (χ1n) is 10.3. The van der Waals surface area contributed by atoms with Gasteiger partial charge in [-0.05, 0) is 5.92 Å². The van der Waals surface area contributed by atoms with Crippen molar-refractivity contribution in [3.8, 4) is 0 Å². The van der Waals surface area contributed by atoms with Gasteiger partial charge in [0.2, 0.25) is 11.8 Å². The summed E-state index contributed by atoms with van der Waals surface area (Å²) in [4.78, 5) is 31.1. The van der Waals surface area contributed by atoms with Crippen molar-refractivity contribution in [1.82, 2.24) is 20.0 Å². The zero-order chi connectivity index (χ0) is 20.0. The molecule has 7 nitrogen and oxygen atoms in total. The summed E-state index contributed by atoms with van der Waals surface area (Å²) in [5, 5.41) is 3.02. The topological polar surface area (TPSA) is 65.1 Å². The molecule has 7 heteroatoms. The Morgan fingerprint density at radius 3 is 2.33 bits per heavy atom. The van der Waals surface area contributed by atoms with Crippen LogP contribution in [0.5, 0.6) is 0 Å². The van der Waals surface area contributed by atoms with Crippen molar-refractivity contribution in [2.75, 3.05) is 65.5 Å². The van der Waals surface area contributed by atoms with E-state index in [1.54, 1.807) is 0 Å². The van der Waals surface area contributed by atoms with E-state index in [2.05, 4.69) is 29.0 Å². The molecule has 2 fully saturated rings. The highest BCUT2D eigenvalue weighted by atomic mass is 16.5. The minimum atomic E-state index is -0.344. The maximum Gasteiger partial charge on any atom is 0.234 e. The number of nitrogens with zero attached hydrogens (tertiary/aromatic N) is 3. The molecule has 2 amide bonds. The average Bonchev–Trinajstić information content (AvgIpc) is 2.59. The summed E-state index contributed by atoms with van der Waals surface area (Å²) in [5.41, 5.74) is -0.344. The van der Waals surface area contributed by atoms with Gasteiger partial charge in [-0.2, -0.15) is 0 Å². The van der Waals surface area contributed by atoms with Crippen molar-refractivity contribution >= 4 is 11.8 Å². The van der Waals surface area contributed by atoms with Crippen molar-refractivity contribution in [3.05, 3.63) is 0 Å². The molecule has 0 aromatic heterocycles. The van der Waals surface area contributed by atoms with Crippen LogP contribution < -0.4 is 5.32 Å². The second-order valence-corrected chi connectivity index (χ2v) is 9.27. The summed E-state index contributed by atoms with van der Waals surface area (Å²) in [6, 6.07) is 0. The number of morpholine rings is 1. The number of nitrogens with one attached hydrogen (secondary N) is 1. The average molecular weight is 383 g/mol. The van der Waals surface area contributed by atoms with Gasteiger partial charge in [0.25, 0.3) is 0 Å². The number of amides is 2. The SMILES string of the molecule is CC(C)CN1CCOC(CNC(=O)CN2CCN(C(=O)C(C)(C)C)CC2)C1. The van der Waals surface area contributed by atoms with Gasteiger partial charge in [-0.1, -0.05) is 34.6 Å². The number of hydrogen-bond acceptors (Lipinski definition) is 5. The van der Waals surface area contributed by atoms with E-state index in [0.29, 0.717) is 32.1 Å². The summed E-state index contributed by atoms with van der Waals surface area (Å²) < 4.78 is 5.79. The van der Waals surface area contributed by atoms with E-state index in [1.807, 2.05) is 25.7 Å². The summed E-state index contributed by atoms with van der Waals surface area (Å²) in [6.45, 7) is 17.8. The van der Waals surface area contributed by atoms with Gasteiger partial charge in [0.05, 0.1) is 19.3 Å². The number of ether oxygens (including phenoxy) is 1. The molecule has 2 saturated heterocycles. The van der Waals surface area contributed by atoms with Crippen LogP contribution in [0.3, 0.4) is 0 Å².